The van der Waals surface area contributed by atoms with Crippen LogP contribution in [0.5, 0.6) is 0 Å². The number of hydrogen-bond acceptors (Lipinski definition) is 3. The van der Waals surface area contributed by atoms with E-state index in [1.54, 1.807) is 19.2 Å². The smallest absolute Gasteiger partial charge is 0.244 e. The van der Waals surface area contributed by atoms with E-state index in [0.717, 1.165) is 18.5 Å². The van der Waals surface area contributed by atoms with E-state index in [2.05, 4.69) is 13.8 Å². The molecular weight excluding hydrogens is 396 g/mol. The van der Waals surface area contributed by atoms with Crippen LogP contribution in [0.1, 0.15) is 34.6 Å². The van der Waals surface area contributed by atoms with Crippen LogP contribution >= 0.6 is 0 Å². The predicted molar refractivity (Wildman–Crippen MR) is 119 cm³/mol. The lowest BCUT2D eigenvalue weighted by Crippen LogP contribution is -2.55. The molecule has 2 aliphatic rings. The minimum Gasteiger partial charge on any atom is -0.341 e. The molecule has 0 aromatic heterocycles. The summed E-state index contributed by atoms with van der Waals surface area (Å²) in [6.45, 7) is 11.8. The van der Waals surface area contributed by atoms with Crippen molar-refractivity contribution in [3.63, 3.8) is 0 Å². The molecule has 0 bridgehead atoms. The Labute approximate surface area is 180 Å². The molecule has 0 unspecified atom stereocenters. The summed E-state index contributed by atoms with van der Waals surface area (Å²) in [5.74, 6) is 0.973. The third kappa shape index (κ3) is 3.25. The monoisotopic (exact) mass is 428 g/mol. The Morgan fingerprint density at radius 1 is 1.07 bits per heavy atom. The average molecular weight is 429 g/mol. The van der Waals surface area contributed by atoms with E-state index in [1.165, 1.54) is 4.31 Å². The molecule has 2 fully saturated rings. The molecule has 4 rings (SSSR count). The first kappa shape index (κ1) is 21.3. The standard InChI is InChI=1S/C24H32N2O3S/c1-23(2,3)21(22(27)26-14-18-19(15-26)24(18,4)5)25(6)30(28,29)20-13-9-11-16-10-7-8-12-17(16)20/h7-13,18-19,21H,14-15H2,1-6H3/t18-,19+,21-/m1/s1. The van der Waals surface area contributed by atoms with E-state index >= 15 is 0 Å². The number of carbonyl (C=O) groups excluding carboxylic acids is 1. The third-order valence-corrected chi connectivity index (χ3v) is 9.14. The number of nitrogens with zero attached hydrogens (tertiary/aromatic N) is 2. The number of likely N-dealkylation sites (N-methyl/N-ethyl adjacent to an activating group) is 1. The first-order chi connectivity index (χ1) is 13.9. The van der Waals surface area contributed by atoms with E-state index in [4.69, 9.17) is 0 Å². The van der Waals surface area contributed by atoms with Crippen molar-refractivity contribution in [1.29, 1.82) is 0 Å². The van der Waals surface area contributed by atoms with Crippen molar-refractivity contribution in [1.82, 2.24) is 9.21 Å². The Morgan fingerprint density at radius 3 is 2.23 bits per heavy atom. The van der Waals surface area contributed by atoms with E-state index in [0.29, 0.717) is 22.6 Å². The topological polar surface area (TPSA) is 57.7 Å². The van der Waals surface area contributed by atoms with E-state index in [1.807, 2.05) is 56.0 Å². The normalized spacial score (nSPS) is 24.2. The molecule has 5 nitrogen and oxygen atoms in total. The predicted octanol–water partition coefficient (Wildman–Crippen LogP) is 3.99. The van der Waals surface area contributed by atoms with Crippen LogP contribution in [0.25, 0.3) is 10.8 Å². The molecule has 1 heterocycles. The number of likely N-dealkylation sites (tertiary alicyclic amines) is 1. The fourth-order valence-corrected chi connectivity index (χ4v) is 6.98. The van der Waals surface area contributed by atoms with Gasteiger partial charge in [0.25, 0.3) is 0 Å². The summed E-state index contributed by atoms with van der Waals surface area (Å²) in [5, 5.41) is 1.54. The van der Waals surface area contributed by atoms with Gasteiger partial charge in [-0.2, -0.15) is 4.31 Å². The Kier molecular flexibility index (Phi) is 4.83. The maximum atomic E-state index is 13.7. The van der Waals surface area contributed by atoms with Gasteiger partial charge >= 0.3 is 0 Å². The number of carbonyl (C=O) groups is 1. The molecule has 2 aromatic carbocycles. The van der Waals surface area contributed by atoms with Crippen molar-refractivity contribution < 1.29 is 13.2 Å². The molecule has 1 amide bonds. The zero-order chi connectivity index (χ0) is 22.1. The fraction of sp³-hybridized carbons (Fsp3) is 0.542. The van der Waals surface area contributed by atoms with Crippen LogP contribution in [0.4, 0.5) is 0 Å². The molecule has 162 valence electrons. The minimum atomic E-state index is -3.86. The van der Waals surface area contributed by atoms with Gasteiger partial charge in [-0.1, -0.05) is 71.0 Å². The first-order valence-corrected chi connectivity index (χ1v) is 12.1. The third-order valence-electron chi connectivity index (χ3n) is 7.26. The maximum Gasteiger partial charge on any atom is 0.244 e. The highest BCUT2D eigenvalue weighted by Gasteiger charge is 2.63. The Morgan fingerprint density at radius 2 is 1.63 bits per heavy atom. The highest BCUT2D eigenvalue weighted by atomic mass is 32.2. The van der Waals surface area contributed by atoms with Crippen molar-refractivity contribution in [3.05, 3.63) is 42.5 Å². The molecule has 0 spiro atoms. The molecule has 2 aromatic rings. The van der Waals surface area contributed by atoms with Gasteiger partial charge in [0.15, 0.2) is 0 Å². The van der Waals surface area contributed by atoms with Crippen LogP contribution in [-0.2, 0) is 14.8 Å². The van der Waals surface area contributed by atoms with Gasteiger partial charge in [0, 0.05) is 25.5 Å². The van der Waals surface area contributed by atoms with Crippen LogP contribution in [0.15, 0.2) is 47.4 Å². The van der Waals surface area contributed by atoms with Gasteiger partial charge in [0.1, 0.15) is 6.04 Å². The second kappa shape index (κ2) is 6.79. The van der Waals surface area contributed by atoms with Crippen LogP contribution < -0.4 is 0 Å². The zero-order valence-electron chi connectivity index (χ0n) is 18.7. The van der Waals surface area contributed by atoms with Gasteiger partial charge in [0.2, 0.25) is 15.9 Å². The Hall–Kier alpha value is -1.92. The van der Waals surface area contributed by atoms with Gasteiger partial charge in [-0.15, -0.1) is 0 Å². The zero-order valence-corrected chi connectivity index (χ0v) is 19.5. The van der Waals surface area contributed by atoms with Crippen LogP contribution in [0.3, 0.4) is 0 Å². The van der Waals surface area contributed by atoms with Gasteiger partial charge in [-0.3, -0.25) is 4.79 Å². The summed E-state index contributed by atoms with van der Waals surface area (Å²) < 4.78 is 28.7. The summed E-state index contributed by atoms with van der Waals surface area (Å²) in [4.78, 5) is 15.7. The number of amides is 1. The van der Waals surface area contributed by atoms with Gasteiger partial charge in [-0.25, -0.2) is 8.42 Å². The highest BCUT2D eigenvalue weighted by molar-refractivity contribution is 7.89. The number of hydrogen-bond donors (Lipinski definition) is 0. The number of piperidine rings is 1. The SMILES string of the molecule is CN([C@H](C(=O)N1C[C@@H]2[C@H](C1)C2(C)C)C(C)(C)C)S(=O)(=O)c1cccc2ccccc12. The number of rotatable bonds is 4. The molecular formula is C24H32N2O3S. The number of benzene rings is 2. The fourth-order valence-electron chi connectivity index (χ4n) is 5.27. The summed E-state index contributed by atoms with van der Waals surface area (Å²) in [6, 6.07) is 12.0. The highest BCUT2D eigenvalue weighted by Crippen LogP contribution is 2.62. The second-order valence-electron chi connectivity index (χ2n) is 10.5. The lowest BCUT2D eigenvalue weighted by molar-refractivity contribution is -0.138. The summed E-state index contributed by atoms with van der Waals surface area (Å²) in [6.07, 6.45) is 0. The summed E-state index contributed by atoms with van der Waals surface area (Å²) in [5.41, 5.74) is -0.235. The molecule has 6 heteroatoms. The molecule has 1 aliphatic carbocycles. The van der Waals surface area contributed by atoms with Gasteiger partial charge < -0.3 is 4.90 Å². The van der Waals surface area contributed by atoms with Crippen molar-refractivity contribution >= 4 is 26.7 Å². The Bertz CT molecular complexity index is 1080. The van der Waals surface area contributed by atoms with E-state index < -0.39 is 21.5 Å². The average Bonchev–Trinajstić information content (AvgIpc) is 3.01. The van der Waals surface area contributed by atoms with Crippen molar-refractivity contribution in [2.45, 2.75) is 45.6 Å². The van der Waals surface area contributed by atoms with Crippen LogP contribution in [0, 0.1) is 22.7 Å². The van der Waals surface area contributed by atoms with E-state index in [-0.39, 0.29) is 10.8 Å². The van der Waals surface area contributed by atoms with Crippen molar-refractivity contribution in [2.75, 3.05) is 20.1 Å². The second-order valence-corrected chi connectivity index (χ2v) is 12.5. The summed E-state index contributed by atoms with van der Waals surface area (Å²) in [7, 11) is -2.31. The number of fused-ring (bicyclic) bond motifs is 2. The van der Waals surface area contributed by atoms with Crippen molar-refractivity contribution in [2.24, 2.45) is 22.7 Å². The van der Waals surface area contributed by atoms with Crippen LogP contribution in [0.2, 0.25) is 0 Å². The van der Waals surface area contributed by atoms with Crippen molar-refractivity contribution in [3.8, 4) is 0 Å². The molecule has 1 saturated carbocycles. The quantitative estimate of drug-likeness (QED) is 0.740. The molecule has 1 saturated heterocycles. The molecule has 30 heavy (non-hydrogen) atoms. The maximum absolute atomic E-state index is 13.7. The van der Waals surface area contributed by atoms with Gasteiger partial charge in [-0.05, 0) is 34.1 Å². The largest absolute Gasteiger partial charge is 0.341 e. The molecule has 0 radical (unpaired) electrons. The summed E-state index contributed by atoms with van der Waals surface area (Å²) >= 11 is 0. The minimum absolute atomic E-state index is 0.0863. The molecule has 0 N–H and O–H groups in total. The number of sulfonamides is 1. The lowest BCUT2D eigenvalue weighted by Gasteiger charge is -2.39. The molecule has 1 aliphatic heterocycles. The van der Waals surface area contributed by atoms with E-state index in [9.17, 15) is 13.2 Å². The first-order valence-electron chi connectivity index (χ1n) is 10.6. The lowest BCUT2D eigenvalue weighted by atomic mass is 9.85. The molecule has 3 atom stereocenters. The van der Waals surface area contributed by atoms with Gasteiger partial charge in [0.05, 0.1) is 4.90 Å². The van der Waals surface area contributed by atoms with Crippen LogP contribution in [-0.4, -0.2) is 49.7 Å². The Balaban J connectivity index is 1.69.